The van der Waals surface area contributed by atoms with E-state index >= 15 is 0 Å². The first-order chi connectivity index (χ1) is 13.0. The van der Waals surface area contributed by atoms with Crippen LogP contribution in [-0.4, -0.2) is 66.9 Å². The van der Waals surface area contributed by atoms with Crippen LogP contribution in [0.1, 0.15) is 44.0 Å². The molecule has 27 heavy (non-hydrogen) atoms. The number of likely N-dealkylation sites (tertiary alicyclic amines) is 1. The molecule has 2 rings (SSSR count). The lowest BCUT2D eigenvalue weighted by Crippen LogP contribution is -2.44. The van der Waals surface area contributed by atoms with Crippen molar-refractivity contribution in [1.82, 2.24) is 9.80 Å². The summed E-state index contributed by atoms with van der Waals surface area (Å²) in [6.07, 6.45) is 1.55. The van der Waals surface area contributed by atoms with Crippen LogP contribution in [0.3, 0.4) is 0 Å². The normalized spacial score (nSPS) is 15.4. The fourth-order valence-electron chi connectivity index (χ4n) is 3.28. The molecule has 2 heterocycles. The molecule has 1 aromatic heterocycles. The minimum absolute atomic E-state index is 0.0527. The molecule has 0 saturated carbocycles. The van der Waals surface area contributed by atoms with Gasteiger partial charge in [0, 0.05) is 19.0 Å². The van der Waals surface area contributed by atoms with Crippen molar-refractivity contribution >= 4 is 34.1 Å². The maximum atomic E-state index is 12.4. The van der Waals surface area contributed by atoms with Gasteiger partial charge in [0.2, 0.25) is 11.8 Å². The van der Waals surface area contributed by atoms with E-state index in [4.69, 9.17) is 4.74 Å². The van der Waals surface area contributed by atoms with Crippen molar-refractivity contribution in [2.45, 2.75) is 33.6 Å². The monoisotopic (exact) mass is 395 g/mol. The van der Waals surface area contributed by atoms with Crippen molar-refractivity contribution in [3.63, 3.8) is 0 Å². The van der Waals surface area contributed by atoms with E-state index in [1.165, 1.54) is 11.3 Å². The van der Waals surface area contributed by atoms with Gasteiger partial charge in [0.15, 0.2) is 0 Å². The van der Waals surface area contributed by atoms with E-state index < -0.39 is 5.97 Å². The van der Waals surface area contributed by atoms with Gasteiger partial charge >= 0.3 is 5.97 Å². The SMILES string of the molecule is CCOC(=O)c1ccsc1NC(=O)CN1CCC(C(=O)N(CC)CC)CC1. The molecule has 1 fully saturated rings. The lowest BCUT2D eigenvalue weighted by Gasteiger charge is -2.33. The summed E-state index contributed by atoms with van der Waals surface area (Å²) >= 11 is 1.31. The van der Waals surface area contributed by atoms with Crippen LogP contribution in [0.25, 0.3) is 0 Å². The predicted octanol–water partition coefficient (Wildman–Crippen LogP) is 2.44. The Morgan fingerprint density at radius 3 is 2.48 bits per heavy atom. The van der Waals surface area contributed by atoms with Gasteiger partial charge < -0.3 is 15.0 Å². The van der Waals surface area contributed by atoms with Gasteiger partial charge in [-0.25, -0.2) is 4.79 Å². The topological polar surface area (TPSA) is 79.0 Å². The highest BCUT2D eigenvalue weighted by molar-refractivity contribution is 7.14. The van der Waals surface area contributed by atoms with Gasteiger partial charge in [-0.15, -0.1) is 11.3 Å². The molecule has 1 aromatic rings. The minimum atomic E-state index is -0.426. The number of nitrogens with one attached hydrogen (secondary N) is 1. The Morgan fingerprint density at radius 2 is 1.89 bits per heavy atom. The summed E-state index contributed by atoms with van der Waals surface area (Å²) in [6, 6.07) is 1.66. The summed E-state index contributed by atoms with van der Waals surface area (Å²) in [7, 11) is 0. The number of esters is 1. The van der Waals surface area contributed by atoms with E-state index in [9.17, 15) is 14.4 Å². The molecule has 0 bridgehead atoms. The number of carbonyl (C=O) groups is 3. The van der Waals surface area contributed by atoms with Crippen LogP contribution in [0.4, 0.5) is 5.00 Å². The Bertz CT molecular complexity index is 649. The zero-order chi connectivity index (χ0) is 19.8. The third-order valence-electron chi connectivity index (χ3n) is 4.79. The molecule has 0 aromatic carbocycles. The molecule has 0 unspecified atom stereocenters. The van der Waals surface area contributed by atoms with Crippen molar-refractivity contribution in [3.8, 4) is 0 Å². The second kappa shape index (κ2) is 10.4. The minimum Gasteiger partial charge on any atom is -0.462 e. The molecule has 1 aliphatic heterocycles. The highest BCUT2D eigenvalue weighted by Gasteiger charge is 2.28. The molecule has 0 radical (unpaired) electrons. The number of carbonyl (C=O) groups excluding carboxylic acids is 3. The largest absolute Gasteiger partial charge is 0.462 e. The van der Waals surface area contributed by atoms with E-state index in [1.54, 1.807) is 18.4 Å². The summed E-state index contributed by atoms with van der Waals surface area (Å²) < 4.78 is 5.00. The number of piperidine rings is 1. The molecule has 150 valence electrons. The molecule has 2 amide bonds. The standard InChI is InChI=1S/C19H29N3O4S/c1-4-22(5-2)18(24)14-7-10-21(11-8-14)13-16(23)20-17-15(9-12-27-17)19(25)26-6-3/h9,12,14H,4-8,10-11,13H2,1-3H3,(H,20,23). The van der Waals surface area contributed by atoms with Gasteiger partial charge in [-0.3, -0.25) is 14.5 Å². The van der Waals surface area contributed by atoms with Gasteiger partial charge in [-0.1, -0.05) is 0 Å². The fraction of sp³-hybridized carbons (Fsp3) is 0.632. The second-order valence-corrected chi connectivity index (χ2v) is 7.41. The Kier molecular flexibility index (Phi) is 8.24. The number of hydrogen-bond acceptors (Lipinski definition) is 6. The molecule has 0 spiro atoms. The first-order valence-corrected chi connectivity index (χ1v) is 10.4. The summed E-state index contributed by atoms with van der Waals surface area (Å²) in [5, 5.41) is 5.08. The summed E-state index contributed by atoms with van der Waals surface area (Å²) in [4.78, 5) is 40.6. The van der Waals surface area contributed by atoms with Crippen LogP contribution < -0.4 is 5.32 Å². The molecular formula is C19H29N3O4S. The van der Waals surface area contributed by atoms with Crippen molar-refractivity contribution in [2.24, 2.45) is 5.92 Å². The number of rotatable bonds is 8. The van der Waals surface area contributed by atoms with Gasteiger partial charge in [0.1, 0.15) is 5.00 Å². The molecular weight excluding hydrogens is 366 g/mol. The lowest BCUT2D eigenvalue weighted by atomic mass is 9.95. The van der Waals surface area contributed by atoms with Crippen LogP contribution in [-0.2, 0) is 14.3 Å². The Hall–Kier alpha value is -1.93. The number of thiophene rings is 1. The highest BCUT2D eigenvalue weighted by Crippen LogP contribution is 2.24. The summed E-state index contributed by atoms with van der Waals surface area (Å²) in [6.45, 7) is 9.21. The van der Waals surface area contributed by atoms with Gasteiger partial charge in [0.05, 0.1) is 18.7 Å². The van der Waals surface area contributed by atoms with Crippen LogP contribution in [0.15, 0.2) is 11.4 Å². The number of ether oxygens (including phenoxy) is 1. The molecule has 1 aliphatic rings. The Balaban J connectivity index is 1.82. The van der Waals surface area contributed by atoms with E-state index in [2.05, 4.69) is 10.2 Å². The fourth-order valence-corrected chi connectivity index (χ4v) is 4.07. The summed E-state index contributed by atoms with van der Waals surface area (Å²) in [5.74, 6) is -0.306. The van der Waals surface area contributed by atoms with Crippen LogP contribution in [0, 0.1) is 5.92 Å². The van der Waals surface area contributed by atoms with Gasteiger partial charge in [-0.05, 0) is 58.1 Å². The second-order valence-electron chi connectivity index (χ2n) is 6.49. The third-order valence-corrected chi connectivity index (χ3v) is 5.62. The van der Waals surface area contributed by atoms with Crippen LogP contribution in [0.5, 0.6) is 0 Å². The number of amides is 2. The van der Waals surface area contributed by atoms with Crippen LogP contribution in [0.2, 0.25) is 0 Å². The third kappa shape index (κ3) is 5.77. The number of nitrogens with zero attached hydrogens (tertiary/aromatic N) is 2. The number of hydrogen-bond donors (Lipinski definition) is 1. The Labute approximate surface area is 164 Å². The van der Waals surface area contributed by atoms with Crippen molar-refractivity contribution in [3.05, 3.63) is 17.0 Å². The van der Waals surface area contributed by atoms with Crippen molar-refractivity contribution in [2.75, 3.05) is 44.6 Å². The summed E-state index contributed by atoms with van der Waals surface area (Å²) in [5.41, 5.74) is 0.388. The zero-order valence-electron chi connectivity index (χ0n) is 16.3. The predicted molar refractivity (Wildman–Crippen MR) is 106 cm³/mol. The van der Waals surface area contributed by atoms with Gasteiger partial charge in [0.25, 0.3) is 0 Å². The van der Waals surface area contributed by atoms with Crippen LogP contribution >= 0.6 is 11.3 Å². The van der Waals surface area contributed by atoms with Crippen molar-refractivity contribution in [1.29, 1.82) is 0 Å². The van der Waals surface area contributed by atoms with Crippen molar-refractivity contribution < 1.29 is 19.1 Å². The highest BCUT2D eigenvalue weighted by atomic mass is 32.1. The smallest absolute Gasteiger partial charge is 0.341 e. The average molecular weight is 396 g/mol. The molecule has 1 saturated heterocycles. The maximum absolute atomic E-state index is 12.4. The quantitative estimate of drug-likeness (QED) is 0.684. The molecule has 0 aliphatic carbocycles. The number of anilines is 1. The van der Waals surface area contributed by atoms with E-state index in [-0.39, 0.29) is 24.3 Å². The van der Waals surface area contributed by atoms with E-state index in [0.717, 1.165) is 39.0 Å². The first kappa shape index (κ1) is 21.4. The van der Waals surface area contributed by atoms with E-state index in [1.807, 2.05) is 18.7 Å². The lowest BCUT2D eigenvalue weighted by molar-refractivity contribution is -0.136. The zero-order valence-corrected chi connectivity index (χ0v) is 17.1. The average Bonchev–Trinajstić information content (AvgIpc) is 3.11. The van der Waals surface area contributed by atoms with Gasteiger partial charge in [-0.2, -0.15) is 0 Å². The first-order valence-electron chi connectivity index (χ1n) is 9.55. The molecule has 1 N–H and O–H groups in total. The molecule has 7 nitrogen and oxygen atoms in total. The Morgan fingerprint density at radius 1 is 1.22 bits per heavy atom. The molecule has 0 atom stereocenters. The molecule has 8 heteroatoms. The van der Waals surface area contributed by atoms with E-state index in [0.29, 0.717) is 17.2 Å². The maximum Gasteiger partial charge on any atom is 0.341 e.